The Morgan fingerprint density at radius 2 is 1.75 bits per heavy atom. The number of nitrogens with one attached hydrogen (secondary N) is 2. The van der Waals surface area contributed by atoms with Crippen molar-refractivity contribution in [1.29, 1.82) is 0 Å². The third-order valence-corrected chi connectivity index (χ3v) is 3.08. The van der Waals surface area contributed by atoms with Crippen LogP contribution in [0.3, 0.4) is 0 Å². The van der Waals surface area contributed by atoms with Crippen LogP contribution in [-0.4, -0.2) is 18.4 Å². The molecule has 2 N–H and O–H groups in total. The molecule has 124 valence electrons. The first-order valence-electron chi connectivity index (χ1n) is 7.67. The Balaban J connectivity index is 2.04. The monoisotopic (exact) mass is 324 g/mol. The van der Waals surface area contributed by atoms with Gasteiger partial charge in [0.15, 0.2) is 0 Å². The summed E-state index contributed by atoms with van der Waals surface area (Å²) in [7, 11) is 0. The highest BCUT2D eigenvalue weighted by molar-refractivity contribution is 6.02. The predicted molar refractivity (Wildman–Crippen MR) is 96.0 cm³/mol. The van der Waals surface area contributed by atoms with Crippen molar-refractivity contribution in [1.82, 2.24) is 0 Å². The molecular formula is C19H20N2O3. The lowest BCUT2D eigenvalue weighted by Crippen LogP contribution is -2.09. The number of para-hydroxylation sites is 1. The Morgan fingerprint density at radius 3 is 2.46 bits per heavy atom. The average Bonchev–Trinajstić information content (AvgIpc) is 2.54. The zero-order valence-electron chi connectivity index (χ0n) is 13.7. The number of ether oxygens (including phenoxy) is 1. The van der Waals surface area contributed by atoms with Gasteiger partial charge < -0.3 is 15.4 Å². The smallest absolute Gasteiger partial charge is 0.248 e. The normalized spacial score (nSPS) is 10.4. The topological polar surface area (TPSA) is 67.4 Å². The Labute approximate surface area is 141 Å². The van der Waals surface area contributed by atoms with Gasteiger partial charge in [0.05, 0.1) is 6.61 Å². The van der Waals surface area contributed by atoms with Crippen molar-refractivity contribution < 1.29 is 14.3 Å². The molecule has 0 radical (unpaired) electrons. The van der Waals surface area contributed by atoms with Crippen molar-refractivity contribution >= 4 is 29.3 Å². The molecule has 5 nitrogen and oxygen atoms in total. The van der Waals surface area contributed by atoms with Gasteiger partial charge in [0, 0.05) is 29.9 Å². The summed E-state index contributed by atoms with van der Waals surface area (Å²) in [5.41, 5.74) is 2.07. The highest BCUT2D eigenvalue weighted by Gasteiger charge is 2.02. The molecule has 0 aliphatic carbocycles. The molecule has 24 heavy (non-hydrogen) atoms. The van der Waals surface area contributed by atoms with Crippen LogP contribution in [0.2, 0.25) is 0 Å². The highest BCUT2D eigenvalue weighted by Crippen LogP contribution is 2.20. The molecule has 0 spiro atoms. The largest absolute Gasteiger partial charge is 0.493 e. The molecule has 0 aromatic heterocycles. The number of carbonyl (C=O) groups excluding carboxylic acids is 2. The molecule has 0 saturated carbocycles. The molecule has 0 heterocycles. The minimum absolute atomic E-state index is 0.161. The second kappa shape index (κ2) is 8.53. The van der Waals surface area contributed by atoms with E-state index in [2.05, 4.69) is 10.6 Å². The number of carbonyl (C=O) groups is 2. The maximum atomic E-state index is 12.1. The molecule has 0 saturated heterocycles. The molecule has 0 aliphatic rings. The van der Waals surface area contributed by atoms with Gasteiger partial charge in [0.1, 0.15) is 5.75 Å². The fraction of sp³-hybridized carbons (Fsp3) is 0.158. The quantitative estimate of drug-likeness (QED) is 0.796. The molecule has 0 atom stereocenters. The first-order valence-corrected chi connectivity index (χ1v) is 7.67. The lowest BCUT2D eigenvalue weighted by molar-refractivity contribution is -0.114. The molecule has 2 rings (SSSR count). The number of rotatable bonds is 6. The SMILES string of the molecule is CCOc1ccccc1/C=C/C(=O)Nc1cccc(NC(C)=O)c1. The summed E-state index contributed by atoms with van der Waals surface area (Å²) in [5, 5.41) is 5.43. The first kappa shape index (κ1) is 17.3. The number of benzene rings is 2. The molecule has 2 aromatic carbocycles. The number of hydrogen-bond donors (Lipinski definition) is 2. The van der Waals surface area contributed by atoms with E-state index in [9.17, 15) is 9.59 Å². The molecule has 0 fully saturated rings. The zero-order chi connectivity index (χ0) is 17.4. The lowest BCUT2D eigenvalue weighted by Gasteiger charge is -2.07. The van der Waals surface area contributed by atoms with Gasteiger partial charge in [-0.05, 0) is 37.3 Å². The fourth-order valence-corrected chi connectivity index (χ4v) is 2.13. The van der Waals surface area contributed by atoms with Crippen LogP contribution >= 0.6 is 0 Å². The molecule has 5 heteroatoms. The van der Waals surface area contributed by atoms with Gasteiger partial charge in [-0.2, -0.15) is 0 Å². The van der Waals surface area contributed by atoms with Crippen LogP contribution in [0.4, 0.5) is 11.4 Å². The van der Waals surface area contributed by atoms with Crippen LogP contribution in [0.15, 0.2) is 54.6 Å². The van der Waals surface area contributed by atoms with Crippen LogP contribution in [0.5, 0.6) is 5.75 Å². The maximum absolute atomic E-state index is 12.1. The Morgan fingerprint density at radius 1 is 1.04 bits per heavy atom. The van der Waals surface area contributed by atoms with Crippen LogP contribution < -0.4 is 15.4 Å². The van der Waals surface area contributed by atoms with Crippen LogP contribution in [-0.2, 0) is 9.59 Å². The standard InChI is InChI=1S/C19H20N2O3/c1-3-24-18-10-5-4-7-15(18)11-12-19(23)21-17-9-6-8-16(13-17)20-14(2)22/h4-13H,3H2,1-2H3,(H,20,22)(H,21,23)/b12-11+. The maximum Gasteiger partial charge on any atom is 0.248 e. The van der Waals surface area contributed by atoms with Gasteiger partial charge in [-0.1, -0.05) is 24.3 Å². The summed E-state index contributed by atoms with van der Waals surface area (Å²) < 4.78 is 5.52. The van der Waals surface area contributed by atoms with Crippen molar-refractivity contribution in [3.05, 3.63) is 60.2 Å². The molecule has 0 bridgehead atoms. The molecule has 2 amide bonds. The predicted octanol–water partition coefficient (Wildman–Crippen LogP) is 3.70. The van der Waals surface area contributed by atoms with Gasteiger partial charge in [0.25, 0.3) is 0 Å². The highest BCUT2D eigenvalue weighted by atomic mass is 16.5. The summed E-state index contributed by atoms with van der Waals surface area (Å²) >= 11 is 0. The number of hydrogen-bond acceptors (Lipinski definition) is 3. The summed E-state index contributed by atoms with van der Waals surface area (Å²) in [6.07, 6.45) is 3.15. The van der Waals surface area contributed by atoms with Crippen molar-refractivity contribution in [3.63, 3.8) is 0 Å². The van der Waals surface area contributed by atoms with Gasteiger partial charge in [-0.25, -0.2) is 0 Å². The Kier molecular flexibility index (Phi) is 6.14. The lowest BCUT2D eigenvalue weighted by atomic mass is 10.2. The molecule has 0 aliphatic heterocycles. The van der Waals surface area contributed by atoms with Crippen LogP contribution in [0, 0.1) is 0 Å². The van der Waals surface area contributed by atoms with Crippen molar-refractivity contribution in [3.8, 4) is 5.75 Å². The van der Waals surface area contributed by atoms with E-state index in [1.165, 1.54) is 13.0 Å². The van der Waals surface area contributed by atoms with E-state index in [-0.39, 0.29) is 11.8 Å². The Hall–Kier alpha value is -3.08. The Bertz CT molecular complexity index is 754. The van der Waals surface area contributed by atoms with E-state index >= 15 is 0 Å². The average molecular weight is 324 g/mol. The molecule has 0 unspecified atom stereocenters. The zero-order valence-corrected chi connectivity index (χ0v) is 13.7. The number of amides is 2. The van der Waals surface area contributed by atoms with E-state index in [0.29, 0.717) is 18.0 Å². The van der Waals surface area contributed by atoms with Crippen molar-refractivity contribution in [2.24, 2.45) is 0 Å². The third kappa shape index (κ3) is 5.28. The van der Waals surface area contributed by atoms with Crippen molar-refractivity contribution in [2.45, 2.75) is 13.8 Å². The minimum Gasteiger partial charge on any atom is -0.493 e. The van der Waals surface area contributed by atoms with E-state index < -0.39 is 0 Å². The first-order chi connectivity index (χ1) is 11.6. The summed E-state index contributed by atoms with van der Waals surface area (Å²) in [6, 6.07) is 14.5. The van der Waals surface area contributed by atoms with Gasteiger partial charge in [-0.3, -0.25) is 9.59 Å². The van der Waals surface area contributed by atoms with Crippen LogP contribution in [0.1, 0.15) is 19.4 Å². The van der Waals surface area contributed by atoms with E-state index in [1.807, 2.05) is 31.2 Å². The van der Waals surface area contributed by atoms with Gasteiger partial charge in [-0.15, -0.1) is 0 Å². The van der Waals surface area contributed by atoms with Crippen LogP contribution in [0.25, 0.3) is 6.08 Å². The third-order valence-electron chi connectivity index (χ3n) is 3.08. The van der Waals surface area contributed by atoms with E-state index in [4.69, 9.17) is 4.74 Å². The summed E-state index contributed by atoms with van der Waals surface area (Å²) in [5.74, 6) is 0.309. The molecule has 2 aromatic rings. The fourth-order valence-electron chi connectivity index (χ4n) is 2.13. The van der Waals surface area contributed by atoms with Gasteiger partial charge in [0.2, 0.25) is 11.8 Å². The van der Waals surface area contributed by atoms with E-state index in [1.54, 1.807) is 30.3 Å². The van der Waals surface area contributed by atoms with Crippen molar-refractivity contribution in [2.75, 3.05) is 17.2 Å². The minimum atomic E-state index is -0.263. The summed E-state index contributed by atoms with van der Waals surface area (Å²) in [6.45, 7) is 3.91. The summed E-state index contributed by atoms with van der Waals surface area (Å²) in [4.78, 5) is 23.1. The second-order valence-electron chi connectivity index (χ2n) is 5.06. The van der Waals surface area contributed by atoms with E-state index in [0.717, 1.165) is 11.3 Å². The number of anilines is 2. The second-order valence-corrected chi connectivity index (χ2v) is 5.06. The van der Waals surface area contributed by atoms with Gasteiger partial charge >= 0.3 is 0 Å². The molecular weight excluding hydrogens is 304 g/mol.